The summed E-state index contributed by atoms with van der Waals surface area (Å²) < 4.78 is 23.2. The van der Waals surface area contributed by atoms with Gasteiger partial charge in [-0.2, -0.15) is 0 Å². The molecule has 1 aromatic carbocycles. The lowest BCUT2D eigenvalue weighted by Gasteiger charge is -2.12. The van der Waals surface area contributed by atoms with Gasteiger partial charge in [0, 0.05) is 33.7 Å². The number of hydrogen-bond acceptors (Lipinski definition) is 4. The number of rotatable bonds is 6. The largest absolute Gasteiger partial charge is 0.496 e. The zero-order valence-electron chi connectivity index (χ0n) is 13.4. The second kappa shape index (κ2) is 7.40. The van der Waals surface area contributed by atoms with Crippen LogP contribution in [0.1, 0.15) is 22.4 Å². The van der Waals surface area contributed by atoms with Crippen molar-refractivity contribution in [2.45, 2.75) is 25.4 Å². The quantitative estimate of drug-likeness (QED) is 0.820. The van der Waals surface area contributed by atoms with Gasteiger partial charge in [-0.15, -0.1) is 0 Å². The number of pyridine rings is 1. The van der Waals surface area contributed by atoms with Crippen molar-refractivity contribution in [2.75, 3.05) is 14.2 Å². The van der Waals surface area contributed by atoms with E-state index in [1.165, 1.54) is 0 Å². The molecule has 1 heterocycles. The van der Waals surface area contributed by atoms with Gasteiger partial charge in [0.2, 0.25) is 0 Å². The van der Waals surface area contributed by atoms with Gasteiger partial charge >= 0.3 is 0 Å². The molecule has 2 rings (SSSR count). The number of ether oxygens (including phenoxy) is 2. The summed E-state index contributed by atoms with van der Waals surface area (Å²) in [5, 5.41) is 0. The molecule has 2 aromatic rings. The Morgan fingerprint density at radius 3 is 2.50 bits per heavy atom. The van der Waals surface area contributed by atoms with Gasteiger partial charge in [0.25, 0.3) is 0 Å². The first kappa shape index (κ1) is 16.5. The van der Waals surface area contributed by atoms with Crippen molar-refractivity contribution in [2.24, 2.45) is 0 Å². The average molecular weight is 319 g/mol. The van der Waals surface area contributed by atoms with Crippen molar-refractivity contribution < 1.29 is 13.7 Å². The average Bonchev–Trinajstić information content (AvgIpc) is 2.51. The number of para-hydroxylation sites is 1. The van der Waals surface area contributed by atoms with Gasteiger partial charge in [-0.05, 0) is 19.9 Å². The molecule has 0 unspecified atom stereocenters. The molecule has 0 spiro atoms. The first-order chi connectivity index (χ1) is 10.6. The highest BCUT2D eigenvalue weighted by Crippen LogP contribution is 2.26. The molecule has 0 aliphatic rings. The Hall–Kier alpha value is -1.88. The number of methoxy groups -OCH3 is 2. The van der Waals surface area contributed by atoms with Crippen LogP contribution < -0.4 is 9.47 Å². The van der Waals surface area contributed by atoms with E-state index in [9.17, 15) is 4.21 Å². The molecule has 0 bridgehead atoms. The van der Waals surface area contributed by atoms with Crippen molar-refractivity contribution in [3.05, 3.63) is 52.8 Å². The fourth-order valence-electron chi connectivity index (χ4n) is 2.42. The van der Waals surface area contributed by atoms with Gasteiger partial charge in [0.1, 0.15) is 11.5 Å². The SMILES string of the molecule is COc1ccccc1C[S@](=O)Cc1ncc(C)c(OC)c1C. The van der Waals surface area contributed by atoms with Gasteiger partial charge in [-0.1, -0.05) is 18.2 Å². The Kier molecular flexibility index (Phi) is 5.55. The number of benzene rings is 1. The van der Waals surface area contributed by atoms with Gasteiger partial charge in [-0.3, -0.25) is 9.19 Å². The second-order valence-corrected chi connectivity index (χ2v) is 6.54. The molecule has 0 fully saturated rings. The van der Waals surface area contributed by atoms with E-state index in [1.54, 1.807) is 20.4 Å². The monoisotopic (exact) mass is 319 g/mol. The van der Waals surface area contributed by atoms with Crippen molar-refractivity contribution >= 4 is 10.8 Å². The maximum absolute atomic E-state index is 12.5. The van der Waals surface area contributed by atoms with Crippen LogP contribution in [-0.2, 0) is 22.3 Å². The third-order valence-corrected chi connectivity index (χ3v) is 4.78. The first-order valence-corrected chi connectivity index (χ1v) is 8.51. The highest BCUT2D eigenvalue weighted by Gasteiger charge is 2.13. The van der Waals surface area contributed by atoms with E-state index < -0.39 is 10.8 Å². The van der Waals surface area contributed by atoms with Crippen LogP contribution in [0.25, 0.3) is 0 Å². The minimum absolute atomic E-state index is 0.403. The molecular weight excluding hydrogens is 298 g/mol. The van der Waals surface area contributed by atoms with Crippen molar-refractivity contribution in [3.63, 3.8) is 0 Å². The summed E-state index contributed by atoms with van der Waals surface area (Å²) in [6, 6.07) is 7.65. The summed E-state index contributed by atoms with van der Waals surface area (Å²) in [6.07, 6.45) is 1.77. The summed E-state index contributed by atoms with van der Waals surface area (Å²) in [4.78, 5) is 4.41. The normalized spacial score (nSPS) is 12.0. The summed E-state index contributed by atoms with van der Waals surface area (Å²) in [6.45, 7) is 3.91. The molecule has 0 amide bonds. The molecule has 0 aliphatic heterocycles. The topological polar surface area (TPSA) is 48.4 Å². The summed E-state index contributed by atoms with van der Waals surface area (Å²) >= 11 is 0. The predicted octanol–water partition coefficient (Wildman–Crippen LogP) is 3.16. The number of aromatic nitrogens is 1. The lowest BCUT2D eigenvalue weighted by atomic mass is 10.1. The molecule has 1 atom stereocenters. The molecule has 0 saturated carbocycles. The van der Waals surface area contributed by atoms with Crippen LogP contribution in [0.2, 0.25) is 0 Å². The molecule has 0 saturated heterocycles. The molecule has 4 nitrogen and oxygen atoms in total. The molecule has 0 aliphatic carbocycles. The third kappa shape index (κ3) is 3.65. The molecule has 1 aromatic heterocycles. The number of aryl methyl sites for hydroxylation is 1. The molecule has 5 heteroatoms. The highest BCUT2D eigenvalue weighted by molar-refractivity contribution is 7.83. The maximum Gasteiger partial charge on any atom is 0.128 e. The zero-order valence-corrected chi connectivity index (χ0v) is 14.2. The molecule has 0 N–H and O–H groups in total. The Morgan fingerprint density at radius 2 is 1.82 bits per heavy atom. The minimum atomic E-state index is -1.06. The van der Waals surface area contributed by atoms with Crippen LogP contribution in [0.3, 0.4) is 0 Å². The summed E-state index contributed by atoms with van der Waals surface area (Å²) in [5.41, 5.74) is 3.70. The number of nitrogens with zero attached hydrogens (tertiary/aromatic N) is 1. The Labute approximate surface area is 133 Å². The highest BCUT2D eigenvalue weighted by atomic mass is 32.2. The Bertz CT molecular complexity index is 686. The van der Waals surface area contributed by atoms with Crippen molar-refractivity contribution in [1.82, 2.24) is 4.98 Å². The predicted molar refractivity (Wildman–Crippen MR) is 88.8 cm³/mol. The third-order valence-electron chi connectivity index (χ3n) is 3.56. The van der Waals surface area contributed by atoms with Crippen molar-refractivity contribution in [3.8, 4) is 11.5 Å². The second-order valence-electron chi connectivity index (χ2n) is 5.09. The molecular formula is C17H21NO3S. The Balaban J connectivity index is 2.16. The minimum Gasteiger partial charge on any atom is -0.496 e. The van der Waals surface area contributed by atoms with Crippen LogP contribution in [0.15, 0.2) is 30.5 Å². The van der Waals surface area contributed by atoms with Gasteiger partial charge < -0.3 is 9.47 Å². The lowest BCUT2D eigenvalue weighted by molar-refractivity contribution is 0.407. The van der Waals surface area contributed by atoms with Crippen LogP contribution in [0.4, 0.5) is 0 Å². The van der Waals surface area contributed by atoms with E-state index in [0.29, 0.717) is 11.5 Å². The van der Waals surface area contributed by atoms with Gasteiger partial charge in [0.15, 0.2) is 0 Å². The van der Waals surface area contributed by atoms with E-state index in [2.05, 4.69) is 4.98 Å². The van der Waals surface area contributed by atoms with E-state index in [1.807, 2.05) is 38.1 Å². The fraction of sp³-hybridized carbons (Fsp3) is 0.353. The van der Waals surface area contributed by atoms with Crippen molar-refractivity contribution in [1.29, 1.82) is 0 Å². The van der Waals surface area contributed by atoms with E-state index in [-0.39, 0.29) is 0 Å². The van der Waals surface area contributed by atoms with Crippen LogP contribution in [0, 0.1) is 13.8 Å². The van der Waals surface area contributed by atoms with E-state index in [4.69, 9.17) is 9.47 Å². The molecule has 0 radical (unpaired) electrons. The van der Waals surface area contributed by atoms with Crippen LogP contribution in [0.5, 0.6) is 11.5 Å². The fourth-order valence-corrected chi connectivity index (χ4v) is 3.70. The van der Waals surface area contributed by atoms with Crippen LogP contribution >= 0.6 is 0 Å². The van der Waals surface area contributed by atoms with E-state index in [0.717, 1.165) is 33.9 Å². The van der Waals surface area contributed by atoms with Gasteiger partial charge in [-0.25, -0.2) is 0 Å². The first-order valence-electron chi connectivity index (χ1n) is 7.02. The van der Waals surface area contributed by atoms with Crippen LogP contribution in [-0.4, -0.2) is 23.4 Å². The van der Waals surface area contributed by atoms with E-state index >= 15 is 0 Å². The molecule has 118 valence electrons. The maximum atomic E-state index is 12.5. The standard InChI is InChI=1S/C17H21NO3S/c1-12-9-18-15(13(2)17(12)21-4)11-22(19)10-14-7-5-6-8-16(14)20-3/h5-9H,10-11H2,1-4H3/t22-/m0/s1. The zero-order chi connectivity index (χ0) is 16.1. The molecule has 22 heavy (non-hydrogen) atoms. The Morgan fingerprint density at radius 1 is 1.09 bits per heavy atom. The number of hydrogen-bond donors (Lipinski definition) is 0. The summed E-state index contributed by atoms with van der Waals surface area (Å²) in [7, 11) is 2.21. The lowest BCUT2D eigenvalue weighted by Crippen LogP contribution is -2.06. The smallest absolute Gasteiger partial charge is 0.128 e. The summed E-state index contributed by atoms with van der Waals surface area (Å²) in [5.74, 6) is 2.43. The van der Waals surface area contributed by atoms with Gasteiger partial charge in [0.05, 0.1) is 31.4 Å².